The second kappa shape index (κ2) is 8.67. The zero-order chi connectivity index (χ0) is 18.5. The minimum absolute atomic E-state index is 0.0341. The first-order valence-electron chi connectivity index (χ1n) is 8.92. The van der Waals surface area contributed by atoms with Crippen LogP contribution in [0.5, 0.6) is 0 Å². The van der Waals surface area contributed by atoms with Gasteiger partial charge in [0.05, 0.1) is 7.11 Å². The molecule has 138 valence electrons. The van der Waals surface area contributed by atoms with Gasteiger partial charge in [-0.2, -0.15) is 0 Å². The van der Waals surface area contributed by atoms with Gasteiger partial charge in [0.2, 0.25) is 5.91 Å². The van der Waals surface area contributed by atoms with Crippen LogP contribution in [0.3, 0.4) is 0 Å². The van der Waals surface area contributed by atoms with Gasteiger partial charge in [0.1, 0.15) is 0 Å². The van der Waals surface area contributed by atoms with E-state index in [4.69, 9.17) is 16.4 Å². The van der Waals surface area contributed by atoms with E-state index in [0.717, 1.165) is 31.6 Å². The summed E-state index contributed by atoms with van der Waals surface area (Å²) in [6.07, 6.45) is 0.812. The molecule has 1 aliphatic heterocycles. The van der Waals surface area contributed by atoms with Crippen LogP contribution in [0.2, 0.25) is 5.02 Å². The predicted molar refractivity (Wildman–Crippen MR) is 104 cm³/mol. The molecule has 1 aliphatic rings. The molecule has 2 atom stereocenters. The summed E-state index contributed by atoms with van der Waals surface area (Å²) < 4.78 is 0. The fourth-order valence-corrected chi connectivity index (χ4v) is 3.80. The van der Waals surface area contributed by atoms with Crippen molar-refractivity contribution in [1.82, 2.24) is 9.96 Å². The Balaban J connectivity index is 1.81. The van der Waals surface area contributed by atoms with Crippen molar-refractivity contribution in [1.29, 1.82) is 0 Å². The highest BCUT2D eigenvalue weighted by molar-refractivity contribution is 6.30. The van der Waals surface area contributed by atoms with Crippen molar-refractivity contribution in [2.45, 2.75) is 18.9 Å². The Labute approximate surface area is 160 Å². The first-order chi connectivity index (χ1) is 12.6. The number of rotatable bonds is 5. The van der Waals surface area contributed by atoms with E-state index in [1.807, 2.05) is 30.3 Å². The minimum atomic E-state index is -0.0897. The highest BCUT2D eigenvalue weighted by atomic mass is 35.5. The van der Waals surface area contributed by atoms with Crippen molar-refractivity contribution < 1.29 is 9.63 Å². The van der Waals surface area contributed by atoms with Crippen LogP contribution in [0.15, 0.2) is 54.6 Å². The summed E-state index contributed by atoms with van der Waals surface area (Å²) in [6, 6.07) is 18.3. The molecule has 0 saturated carbocycles. The van der Waals surface area contributed by atoms with Gasteiger partial charge in [-0.1, -0.05) is 54.1 Å². The molecule has 1 heterocycles. The summed E-state index contributed by atoms with van der Waals surface area (Å²) in [7, 11) is 3.21. The molecule has 5 heteroatoms. The van der Waals surface area contributed by atoms with E-state index in [9.17, 15) is 4.79 Å². The summed E-state index contributed by atoms with van der Waals surface area (Å²) in [6.45, 7) is 2.63. The topological polar surface area (TPSA) is 32.8 Å². The lowest BCUT2D eigenvalue weighted by atomic mass is 9.80. The third kappa shape index (κ3) is 4.44. The molecule has 0 aromatic heterocycles. The van der Waals surface area contributed by atoms with Crippen molar-refractivity contribution in [2.75, 3.05) is 27.2 Å². The maximum absolute atomic E-state index is 12.8. The quantitative estimate of drug-likeness (QED) is 0.744. The molecular formula is C21H25ClN2O2. The maximum atomic E-state index is 12.8. The summed E-state index contributed by atoms with van der Waals surface area (Å²) in [5.41, 5.74) is 2.44. The predicted octanol–water partition coefficient (Wildman–Crippen LogP) is 3.97. The fraction of sp³-hybridized carbons (Fsp3) is 0.381. The third-order valence-electron chi connectivity index (χ3n) is 5.15. The van der Waals surface area contributed by atoms with Crippen LogP contribution < -0.4 is 0 Å². The smallest absolute Gasteiger partial charge is 0.249 e. The van der Waals surface area contributed by atoms with Gasteiger partial charge in [0, 0.05) is 37.0 Å². The lowest BCUT2D eigenvalue weighted by Crippen LogP contribution is -2.45. The van der Waals surface area contributed by atoms with Crippen molar-refractivity contribution >= 4 is 17.5 Å². The molecule has 2 aromatic rings. The first kappa shape index (κ1) is 18.9. The summed E-state index contributed by atoms with van der Waals surface area (Å²) in [4.78, 5) is 20.4. The molecule has 0 spiro atoms. The van der Waals surface area contributed by atoms with E-state index in [1.54, 1.807) is 7.05 Å². The van der Waals surface area contributed by atoms with Gasteiger partial charge >= 0.3 is 0 Å². The van der Waals surface area contributed by atoms with Gasteiger partial charge in [-0.05, 0) is 36.2 Å². The lowest BCUT2D eigenvalue weighted by Gasteiger charge is -2.39. The molecule has 1 saturated heterocycles. The van der Waals surface area contributed by atoms with Crippen LogP contribution in [0.1, 0.15) is 23.5 Å². The Kier molecular flexibility index (Phi) is 6.30. The van der Waals surface area contributed by atoms with Crippen molar-refractivity contribution in [3.63, 3.8) is 0 Å². The monoisotopic (exact) mass is 372 g/mol. The Morgan fingerprint density at radius 3 is 2.54 bits per heavy atom. The molecule has 0 radical (unpaired) electrons. The second-order valence-electron chi connectivity index (χ2n) is 6.79. The van der Waals surface area contributed by atoms with Gasteiger partial charge in [-0.25, -0.2) is 5.06 Å². The molecule has 3 rings (SSSR count). The zero-order valence-corrected chi connectivity index (χ0v) is 16.0. The average Bonchev–Trinajstić information content (AvgIpc) is 2.68. The Hall–Kier alpha value is -1.88. The summed E-state index contributed by atoms with van der Waals surface area (Å²) in [5.74, 6) is 0.0646. The number of amides is 1. The van der Waals surface area contributed by atoms with E-state index in [-0.39, 0.29) is 17.7 Å². The normalized spacial score (nSPS) is 20.7. The number of hydrogen-bond acceptors (Lipinski definition) is 3. The highest BCUT2D eigenvalue weighted by Gasteiger charge is 2.36. The molecular weight excluding hydrogens is 348 g/mol. The van der Waals surface area contributed by atoms with Crippen LogP contribution in [0.4, 0.5) is 0 Å². The zero-order valence-electron chi connectivity index (χ0n) is 15.3. The molecule has 0 unspecified atom stereocenters. The number of halogens is 1. The summed E-state index contributed by atoms with van der Waals surface area (Å²) >= 11 is 6.05. The van der Waals surface area contributed by atoms with E-state index in [1.165, 1.54) is 17.7 Å². The number of likely N-dealkylation sites (tertiary alicyclic amines) is 1. The number of benzene rings is 2. The van der Waals surface area contributed by atoms with Crippen LogP contribution in [-0.4, -0.2) is 43.1 Å². The Bertz CT molecular complexity index is 721. The van der Waals surface area contributed by atoms with Crippen LogP contribution >= 0.6 is 11.6 Å². The number of hydrogen-bond donors (Lipinski definition) is 0. The maximum Gasteiger partial charge on any atom is 0.249 e. The second-order valence-corrected chi connectivity index (χ2v) is 7.23. The Morgan fingerprint density at radius 1 is 1.19 bits per heavy atom. The average molecular weight is 373 g/mol. The first-order valence-corrected chi connectivity index (χ1v) is 9.29. The van der Waals surface area contributed by atoms with Crippen molar-refractivity contribution in [2.24, 2.45) is 5.92 Å². The molecule has 0 bridgehead atoms. The van der Waals surface area contributed by atoms with Gasteiger partial charge in [-0.15, -0.1) is 0 Å². The standard InChI is InChI=1S/C21H25ClN2O2/c1-23(26-2)21(25)19-12-13-24(14-16-6-4-3-5-7-16)15-20(19)17-8-10-18(22)11-9-17/h3-11,19-20H,12-15H2,1-2H3/t19-,20-/m0/s1. The molecule has 1 amide bonds. The number of piperidine rings is 1. The van der Waals surface area contributed by atoms with Crippen LogP contribution in [-0.2, 0) is 16.2 Å². The molecule has 2 aromatic carbocycles. The number of carbonyl (C=O) groups excluding carboxylic acids is 1. The SMILES string of the molecule is CON(C)C(=O)[C@H]1CCN(Cc2ccccc2)C[C@H]1c1ccc(Cl)cc1. The van der Waals surface area contributed by atoms with Gasteiger partial charge in [-0.3, -0.25) is 14.5 Å². The number of nitrogens with zero attached hydrogens (tertiary/aromatic N) is 2. The fourth-order valence-electron chi connectivity index (χ4n) is 3.67. The van der Waals surface area contributed by atoms with E-state index in [0.29, 0.717) is 5.02 Å². The summed E-state index contributed by atoms with van der Waals surface area (Å²) in [5, 5.41) is 2.06. The minimum Gasteiger partial charge on any atom is -0.298 e. The molecule has 4 nitrogen and oxygen atoms in total. The Morgan fingerprint density at radius 2 is 1.88 bits per heavy atom. The molecule has 1 fully saturated rings. The van der Waals surface area contributed by atoms with E-state index < -0.39 is 0 Å². The van der Waals surface area contributed by atoms with Gasteiger partial charge < -0.3 is 0 Å². The largest absolute Gasteiger partial charge is 0.298 e. The van der Waals surface area contributed by atoms with Gasteiger partial charge in [0.25, 0.3) is 0 Å². The molecule has 0 N–H and O–H groups in total. The lowest BCUT2D eigenvalue weighted by molar-refractivity contribution is -0.175. The van der Waals surface area contributed by atoms with E-state index >= 15 is 0 Å². The van der Waals surface area contributed by atoms with Crippen molar-refractivity contribution in [3.05, 3.63) is 70.7 Å². The highest BCUT2D eigenvalue weighted by Crippen LogP contribution is 2.35. The van der Waals surface area contributed by atoms with Crippen LogP contribution in [0.25, 0.3) is 0 Å². The van der Waals surface area contributed by atoms with Crippen molar-refractivity contribution in [3.8, 4) is 0 Å². The third-order valence-corrected chi connectivity index (χ3v) is 5.40. The molecule has 26 heavy (non-hydrogen) atoms. The molecule has 0 aliphatic carbocycles. The van der Waals surface area contributed by atoms with E-state index in [2.05, 4.69) is 29.2 Å². The number of carbonyl (C=O) groups is 1. The van der Waals surface area contributed by atoms with Gasteiger partial charge in [0.15, 0.2) is 0 Å². The van der Waals surface area contributed by atoms with Crippen LogP contribution in [0, 0.1) is 5.92 Å². The number of hydroxylamine groups is 2.